The highest BCUT2D eigenvalue weighted by molar-refractivity contribution is 5.92. The summed E-state index contributed by atoms with van der Waals surface area (Å²) in [5, 5.41) is 4.99. The van der Waals surface area contributed by atoms with E-state index in [1.165, 1.54) is 6.07 Å². The molecule has 0 saturated heterocycles. The van der Waals surface area contributed by atoms with E-state index in [0.29, 0.717) is 0 Å². The van der Waals surface area contributed by atoms with Crippen LogP contribution in [0.5, 0.6) is 0 Å². The number of nitrogens with one attached hydrogen (secondary N) is 2. The number of anilines is 1. The van der Waals surface area contributed by atoms with Gasteiger partial charge in [0.2, 0.25) is 5.91 Å². The fourth-order valence-corrected chi connectivity index (χ4v) is 1.14. The summed E-state index contributed by atoms with van der Waals surface area (Å²) < 4.78 is 26.4. The first-order valence-corrected chi connectivity index (χ1v) is 5.14. The molecule has 0 radical (unpaired) electrons. The molecular weight excluding hydrogens is 226 g/mol. The Morgan fingerprint density at radius 1 is 1.47 bits per heavy atom. The maximum absolute atomic E-state index is 13.2. The molecule has 1 rings (SSSR count). The van der Waals surface area contributed by atoms with Crippen LogP contribution in [0.25, 0.3) is 0 Å². The van der Waals surface area contributed by atoms with Gasteiger partial charge in [0.1, 0.15) is 17.3 Å². The molecule has 0 aromatic heterocycles. The van der Waals surface area contributed by atoms with Crippen LogP contribution in [0.1, 0.15) is 6.92 Å². The Kier molecular flexibility index (Phi) is 4.78. The van der Waals surface area contributed by atoms with E-state index in [9.17, 15) is 13.6 Å². The minimum atomic E-state index is -0.796. The van der Waals surface area contributed by atoms with E-state index in [1.54, 1.807) is 6.08 Å². The van der Waals surface area contributed by atoms with Crippen LogP contribution in [0.15, 0.2) is 30.9 Å². The van der Waals surface area contributed by atoms with Crippen molar-refractivity contribution >= 4 is 11.6 Å². The van der Waals surface area contributed by atoms with Gasteiger partial charge in [0.15, 0.2) is 0 Å². The van der Waals surface area contributed by atoms with E-state index in [1.807, 2.05) is 6.92 Å². The number of carbonyl (C=O) groups excluding carboxylic acids is 1. The molecule has 92 valence electrons. The van der Waals surface area contributed by atoms with Gasteiger partial charge in [-0.15, -0.1) is 6.58 Å². The second-order valence-electron chi connectivity index (χ2n) is 3.55. The number of rotatable bonds is 5. The monoisotopic (exact) mass is 240 g/mol. The topological polar surface area (TPSA) is 41.1 Å². The number of carbonyl (C=O) groups is 1. The fourth-order valence-electron chi connectivity index (χ4n) is 1.14. The van der Waals surface area contributed by atoms with Crippen molar-refractivity contribution in [1.29, 1.82) is 0 Å². The lowest BCUT2D eigenvalue weighted by atomic mass is 10.3. The third kappa shape index (κ3) is 3.96. The molecule has 0 saturated carbocycles. The molecule has 0 aliphatic heterocycles. The standard InChI is InChI=1S/C12H14F2N2O/c1-3-8(2)15-7-11(17)16-12-9(13)5-4-6-10(12)14/h3-6,8,15H,1,7H2,2H3,(H,16,17). The van der Waals surface area contributed by atoms with Crippen molar-refractivity contribution in [2.24, 2.45) is 0 Å². The van der Waals surface area contributed by atoms with Gasteiger partial charge in [-0.3, -0.25) is 4.79 Å². The molecular formula is C12H14F2N2O. The van der Waals surface area contributed by atoms with Crippen LogP contribution in [0.2, 0.25) is 0 Å². The zero-order chi connectivity index (χ0) is 12.8. The van der Waals surface area contributed by atoms with Crippen molar-refractivity contribution < 1.29 is 13.6 Å². The SMILES string of the molecule is C=CC(C)NCC(=O)Nc1c(F)cccc1F. The highest BCUT2D eigenvalue weighted by Crippen LogP contribution is 2.17. The molecule has 1 unspecified atom stereocenters. The third-order valence-corrected chi connectivity index (χ3v) is 2.17. The minimum absolute atomic E-state index is 0.0407. The second-order valence-corrected chi connectivity index (χ2v) is 3.55. The minimum Gasteiger partial charge on any atom is -0.320 e. The summed E-state index contributed by atoms with van der Waals surface area (Å²) in [7, 11) is 0. The Morgan fingerprint density at radius 2 is 2.06 bits per heavy atom. The van der Waals surface area contributed by atoms with Crippen molar-refractivity contribution in [3.63, 3.8) is 0 Å². The zero-order valence-corrected chi connectivity index (χ0v) is 9.47. The summed E-state index contributed by atoms with van der Waals surface area (Å²) in [6.45, 7) is 5.31. The smallest absolute Gasteiger partial charge is 0.238 e. The lowest BCUT2D eigenvalue weighted by Gasteiger charge is -2.10. The quantitative estimate of drug-likeness (QED) is 0.773. The average Bonchev–Trinajstić information content (AvgIpc) is 2.31. The molecule has 5 heteroatoms. The molecule has 0 bridgehead atoms. The van der Waals surface area contributed by atoms with Gasteiger partial charge in [0.05, 0.1) is 6.54 Å². The van der Waals surface area contributed by atoms with Crippen LogP contribution in [0.4, 0.5) is 14.5 Å². The first-order valence-electron chi connectivity index (χ1n) is 5.14. The predicted octanol–water partition coefficient (Wildman–Crippen LogP) is 2.07. The Labute approximate surface area is 98.5 Å². The third-order valence-electron chi connectivity index (χ3n) is 2.17. The molecule has 1 aromatic carbocycles. The van der Waals surface area contributed by atoms with Gasteiger partial charge in [0.25, 0.3) is 0 Å². The van der Waals surface area contributed by atoms with Gasteiger partial charge >= 0.3 is 0 Å². The summed E-state index contributed by atoms with van der Waals surface area (Å²) in [5.41, 5.74) is -0.425. The van der Waals surface area contributed by atoms with Gasteiger partial charge in [-0.1, -0.05) is 12.1 Å². The van der Waals surface area contributed by atoms with E-state index >= 15 is 0 Å². The van der Waals surface area contributed by atoms with Crippen LogP contribution in [0, 0.1) is 11.6 Å². The predicted molar refractivity (Wildman–Crippen MR) is 62.6 cm³/mol. The molecule has 0 aliphatic rings. The molecule has 0 aliphatic carbocycles. The zero-order valence-electron chi connectivity index (χ0n) is 9.47. The van der Waals surface area contributed by atoms with Crippen molar-refractivity contribution in [3.05, 3.63) is 42.5 Å². The first-order chi connectivity index (χ1) is 8.04. The average molecular weight is 240 g/mol. The Hall–Kier alpha value is -1.75. The van der Waals surface area contributed by atoms with Crippen molar-refractivity contribution in [2.45, 2.75) is 13.0 Å². The molecule has 2 N–H and O–H groups in total. The van der Waals surface area contributed by atoms with Crippen LogP contribution < -0.4 is 10.6 Å². The lowest BCUT2D eigenvalue weighted by molar-refractivity contribution is -0.115. The number of para-hydroxylation sites is 1. The summed E-state index contributed by atoms with van der Waals surface area (Å²) in [5.74, 6) is -2.10. The molecule has 3 nitrogen and oxygen atoms in total. The number of hydrogen-bond acceptors (Lipinski definition) is 2. The summed E-state index contributed by atoms with van der Waals surface area (Å²) in [6, 6.07) is 3.35. The largest absolute Gasteiger partial charge is 0.320 e. The number of benzene rings is 1. The van der Waals surface area contributed by atoms with Crippen LogP contribution >= 0.6 is 0 Å². The molecule has 1 atom stereocenters. The maximum Gasteiger partial charge on any atom is 0.238 e. The van der Waals surface area contributed by atoms with E-state index in [2.05, 4.69) is 17.2 Å². The Morgan fingerprint density at radius 3 is 2.59 bits per heavy atom. The van der Waals surface area contributed by atoms with E-state index in [0.717, 1.165) is 12.1 Å². The summed E-state index contributed by atoms with van der Waals surface area (Å²) >= 11 is 0. The van der Waals surface area contributed by atoms with Crippen molar-refractivity contribution in [2.75, 3.05) is 11.9 Å². The summed E-state index contributed by atoms with van der Waals surface area (Å²) in [4.78, 5) is 11.4. The maximum atomic E-state index is 13.2. The van der Waals surface area contributed by atoms with Crippen LogP contribution in [0.3, 0.4) is 0 Å². The number of hydrogen-bond donors (Lipinski definition) is 2. The molecule has 1 aromatic rings. The van der Waals surface area contributed by atoms with Gasteiger partial charge in [-0.25, -0.2) is 8.78 Å². The Balaban J connectivity index is 2.59. The van der Waals surface area contributed by atoms with E-state index in [-0.39, 0.29) is 12.6 Å². The van der Waals surface area contributed by atoms with Gasteiger partial charge in [-0.05, 0) is 19.1 Å². The number of halogens is 2. The highest BCUT2D eigenvalue weighted by atomic mass is 19.1. The Bertz CT molecular complexity index is 401. The lowest BCUT2D eigenvalue weighted by Crippen LogP contribution is -2.33. The van der Waals surface area contributed by atoms with Crippen LogP contribution in [-0.4, -0.2) is 18.5 Å². The van der Waals surface area contributed by atoms with Gasteiger partial charge in [-0.2, -0.15) is 0 Å². The van der Waals surface area contributed by atoms with Crippen molar-refractivity contribution in [1.82, 2.24) is 5.32 Å². The second kappa shape index (κ2) is 6.10. The first kappa shape index (κ1) is 13.3. The summed E-state index contributed by atoms with van der Waals surface area (Å²) in [6.07, 6.45) is 1.62. The molecule has 1 amide bonds. The van der Waals surface area contributed by atoms with Crippen molar-refractivity contribution in [3.8, 4) is 0 Å². The highest BCUT2D eigenvalue weighted by Gasteiger charge is 2.11. The fraction of sp³-hybridized carbons (Fsp3) is 0.250. The molecule has 0 spiro atoms. The van der Waals surface area contributed by atoms with E-state index in [4.69, 9.17) is 0 Å². The number of amides is 1. The molecule has 17 heavy (non-hydrogen) atoms. The normalized spacial score (nSPS) is 11.9. The van der Waals surface area contributed by atoms with E-state index < -0.39 is 23.2 Å². The van der Waals surface area contributed by atoms with Crippen LogP contribution in [-0.2, 0) is 4.79 Å². The molecule has 0 fully saturated rings. The van der Waals surface area contributed by atoms with Gasteiger partial charge in [0, 0.05) is 6.04 Å². The molecule has 0 heterocycles. The van der Waals surface area contributed by atoms with Gasteiger partial charge < -0.3 is 10.6 Å².